The molecule has 2 aliphatic rings. The number of nitrogens with two attached hydrogens (primary N) is 1. The van der Waals surface area contributed by atoms with Crippen LogP contribution in [0, 0.1) is 11.8 Å². The lowest BCUT2D eigenvalue weighted by Gasteiger charge is -2.35. The minimum atomic E-state index is -0.216. The van der Waals surface area contributed by atoms with E-state index in [1.54, 1.807) is 0 Å². The van der Waals surface area contributed by atoms with Crippen molar-refractivity contribution in [3.05, 3.63) is 0 Å². The van der Waals surface area contributed by atoms with Gasteiger partial charge >= 0.3 is 0 Å². The Morgan fingerprint density at radius 3 is 2.47 bits per heavy atom. The number of rotatable bonds is 4. The summed E-state index contributed by atoms with van der Waals surface area (Å²) in [6, 6.07) is 0.381. The normalized spacial score (nSPS) is 30.5. The maximum absolute atomic E-state index is 12.2. The summed E-state index contributed by atoms with van der Waals surface area (Å²) in [4.78, 5) is 12.2. The molecule has 19 heavy (non-hydrogen) atoms. The first-order valence-electron chi connectivity index (χ1n) is 8.08. The number of amides is 1. The van der Waals surface area contributed by atoms with Gasteiger partial charge in [0.1, 0.15) is 0 Å². The number of nitrogens with one attached hydrogen (secondary N) is 1. The molecule has 2 fully saturated rings. The molecule has 2 unspecified atom stereocenters. The average Bonchev–Trinajstić information content (AvgIpc) is 2.75. The summed E-state index contributed by atoms with van der Waals surface area (Å²) in [7, 11) is 0. The van der Waals surface area contributed by atoms with Crippen LogP contribution in [0.3, 0.4) is 0 Å². The molecular weight excluding hydrogens is 236 g/mol. The van der Waals surface area contributed by atoms with Crippen LogP contribution in [0.15, 0.2) is 0 Å². The molecular formula is C16H30N2O. The van der Waals surface area contributed by atoms with Crippen LogP contribution in [-0.2, 0) is 4.79 Å². The number of carbonyl (C=O) groups is 1. The van der Waals surface area contributed by atoms with Gasteiger partial charge in [0, 0.05) is 18.0 Å². The van der Waals surface area contributed by atoms with Gasteiger partial charge in [-0.3, -0.25) is 4.79 Å². The summed E-state index contributed by atoms with van der Waals surface area (Å²) in [5, 5.41) is 3.28. The zero-order valence-corrected chi connectivity index (χ0v) is 12.6. The fourth-order valence-electron chi connectivity index (χ4n) is 3.97. The molecule has 110 valence electrons. The Morgan fingerprint density at radius 2 is 1.84 bits per heavy atom. The average molecular weight is 266 g/mol. The van der Waals surface area contributed by atoms with Crippen molar-refractivity contribution in [2.24, 2.45) is 17.6 Å². The van der Waals surface area contributed by atoms with Crippen LogP contribution in [0.4, 0.5) is 0 Å². The molecule has 0 aromatic heterocycles. The van der Waals surface area contributed by atoms with Gasteiger partial charge in [0.2, 0.25) is 5.91 Å². The molecule has 2 aliphatic carbocycles. The number of hydrogen-bond donors (Lipinski definition) is 2. The van der Waals surface area contributed by atoms with Crippen molar-refractivity contribution in [2.75, 3.05) is 0 Å². The second-order valence-corrected chi connectivity index (χ2v) is 7.11. The minimum Gasteiger partial charge on any atom is -0.353 e. The lowest BCUT2D eigenvalue weighted by molar-refractivity contribution is -0.123. The van der Waals surface area contributed by atoms with Crippen molar-refractivity contribution in [1.29, 1.82) is 0 Å². The summed E-state index contributed by atoms with van der Waals surface area (Å²) in [6.45, 7) is 4.55. The maximum atomic E-state index is 12.2. The molecule has 0 radical (unpaired) electrons. The fourth-order valence-corrected chi connectivity index (χ4v) is 3.97. The predicted octanol–water partition coefficient (Wildman–Crippen LogP) is 2.98. The molecule has 3 N–H and O–H groups in total. The van der Waals surface area contributed by atoms with Crippen LogP contribution in [0.2, 0.25) is 0 Å². The zero-order chi connectivity index (χ0) is 13.9. The molecule has 0 saturated heterocycles. The summed E-state index contributed by atoms with van der Waals surface area (Å²) in [5.41, 5.74) is 6.08. The van der Waals surface area contributed by atoms with Gasteiger partial charge in [-0.1, -0.05) is 39.5 Å². The summed E-state index contributed by atoms with van der Waals surface area (Å²) in [6.07, 6.45) is 9.88. The van der Waals surface area contributed by atoms with Crippen molar-refractivity contribution in [1.82, 2.24) is 5.32 Å². The van der Waals surface area contributed by atoms with E-state index < -0.39 is 0 Å². The molecule has 0 aromatic rings. The standard InChI is InChI=1S/C16H30N2O/c1-12(2)13-7-3-4-8-14(13)18-15(19)11-16(17)9-5-6-10-16/h12-14H,3-11,17H2,1-2H3,(H,18,19). The molecule has 0 bridgehead atoms. The molecule has 0 heterocycles. The topological polar surface area (TPSA) is 55.1 Å². The lowest BCUT2D eigenvalue weighted by Crippen LogP contribution is -2.48. The van der Waals surface area contributed by atoms with Crippen LogP contribution in [-0.4, -0.2) is 17.5 Å². The molecule has 3 heteroatoms. The monoisotopic (exact) mass is 266 g/mol. The Kier molecular flexibility index (Phi) is 4.88. The Hall–Kier alpha value is -0.570. The fraction of sp³-hybridized carbons (Fsp3) is 0.938. The van der Waals surface area contributed by atoms with E-state index in [1.807, 2.05) is 0 Å². The Balaban J connectivity index is 1.86. The SMILES string of the molecule is CC(C)C1CCCCC1NC(=O)CC1(N)CCCC1. The molecule has 0 spiro atoms. The maximum Gasteiger partial charge on any atom is 0.222 e. The molecule has 2 atom stereocenters. The molecule has 1 amide bonds. The van der Waals surface area contributed by atoms with Crippen molar-refractivity contribution in [3.63, 3.8) is 0 Å². The highest BCUT2D eigenvalue weighted by Crippen LogP contribution is 2.32. The van der Waals surface area contributed by atoms with Crippen molar-refractivity contribution in [2.45, 2.75) is 83.2 Å². The smallest absolute Gasteiger partial charge is 0.222 e. The van der Waals surface area contributed by atoms with Crippen LogP contribution in [0.25, 0.3) is 0 Å². The van der Waals surface area contributed by atoms with Gasteiger partial charge < -0.3 is 11.1 Å². The van der Waals surface area contributed by atoms with Gasteiger partial charge in [-0.05, 0) is 37.5 Å². The van der Waals surface area contributed by atoms with E-state index in [0.29, 0.717) is 24.3 Å². The van der Waals surface area contributed by atoms with Gasteiger partial charge in [0.25, 0.3) is 0 Å². The van der Waals surface area contributed by atoms with E-state index in [1.165, 1.54) is 32.1 Å². The second kappa shape index (κ2) is 6.25. The third-order valence-corrected chi connectivity index (χ3v) is 5.13. The number of hydrogen-bond acceptors (Lipinski definition) is 2. The number of carbonyl (C=O) groups excluding carboxylic acids is 1. The highest BCUT2D eigenvalue weighted by molar-refractivity contribution is 5.77. The Morgan fingerprint density at radius 1 is 1.21 bits per heavy atom. The van der Waals surface area contributed by atoms with Gasteiger partial charge in [-0.15, -0.1) is 0 Å². The highest BCUT2D eigenvalue weighted by Gasteiger charge is 2.34. The first-order chi connectivity index (χ1) is 9.00. The van der Waals surface area contributed by atoms with Crippen molar-refractivity contribution in [3.8, 4) is 0 Å². The van der Waals surface area contributed by atoms with Gasteiger partial charge in [0.05, 0.1) is 0 Å². The largest absolute Gasteiger partial charge is 0.353 e. The molecule has 3 nitrogen and oxygen atoms in total. The van der Waals surface area contributed by atoms with Crippen LogP contribution >= 0.6 is 0 Å². The third-order valence-electron chi connectivity index (χ3n) is 5.13. The van der Waals surface area contributed by atoms with E-state index in [2.05, 4.69) is 19.2 Å². The van der Waals surface area contributed by atoms with Gasteiger partial charge in [0.15, 0.2) is 0 Å². The Labute approximate surface area is 117 Å². The Bertz CT molecular complexity index is 308. The first-order valence-corrected chi connectivity index (χ1v) is 8.08. The van der Waals surface area contributed by atoms with Crippen LogP contribution < -0.4 is 11.1 Å². The molecule has 0 aliphatic heterocycles. The van der Waals surface area contributed by atoms with E-state index in [0.717, 1.165) is 19.3 Å². The highest BCUT2D eigenvalue weighted by atomic mass is 16.1. The third kappa shape index (κ3) is 3.95. The summed E-state index contributed by atoms with van der Waals surface area (Å²) in [5.74, 6) is 1.49. The van der Waals surface area contributed by atoms with Gasteiger partial charge in [-0.2, -0.15) is 0 Å². The zero-order valence-electron chi connectivity index (χ0n) is 12.6. The van der Waals surface area contributed by atoms with E-state index in [4.69, 9.17) is 5.73 Å². The molecule has 2 saturated carbocycles. The minimum absolute atomic E-state index is 0.182. The van der Waals surface area contributed by atoms with E-state index in [9.17, 15) is 4.79 Å². The summed E-state index contributed by atoms with van der Waals surface area (Å²) < 4.78 is 0. The quantitative estimate of drug-likeness (QED) is 0.822. The van der Waals surface area contributed by atoms with Gasteiger partial charge in [-0.25, -0.2) is 0 Å². The van der Waals surface area contributed by atoms with Crippen molar-refractivity contribution >= 4 is 5.91 Å². The summed E-state index contributed by atoms with van der Waals surface area (Å²) >= 11 is 0. The molecule has 0 aromatic carbocycles. The second-order valence-electron chi connectivity index (χ2n) is 7.11. The predicted molar refractivity (Wildman–Crippen MR) is 78.7 cm³/mol. The van der Waals surface area contributed by atoms with Crippen LogP contribution in [0.5, 0.6) is 0 Å². The first kappa shape index (κ1) is 14.8. The van der Waals surface area contributed by atoms with E-state index >= 15 is 0 Å². The lowest BCUT2D eigenvalue weighted by atomic mass is 9.77. The van der Waals surface area contributed by atoms with E-state index in [-0.39, 0.29) is 11.4 Å². The molecule has 2 rings (SSSR count). The van der Waals surface area contributed by atoms with Crippen molar-refractivity contribution < 1.29 is 4.79 Å². The van der Waals surface area contributed by atoms with Crippen LogP contribution in [0.1, 0.15) is 71.6 Å².